The molecule has 7 nitrogen and oxygen atoms in total. The van der Waals surface area contributed by atoms with Crippen molar-refractivity contribution in [3.05, 3.63) is 45.0 Å². The number of hydrogen-bond donors (Lipinski definition) is 1. The minimum atomic E-state index is -0.433. The van der Waals surface area contributed by atoms with E-state index in [4.69, 9.17) is 5.73 Å². The van der Waals surface area contributed by atoms with Gasteiger partial charge >= 0.3 is 5.69 Å². The van der Waals surface area contributed by atoms with E-state index in [1.54, 1.807) is 10.9 Å². The van der Waals surface area contributed by atoms with Crippen molar-refractivity contribution in [2.24, 2.45) is 7.05 Å². The third-order valence-corrected chi connectivity index (χ3v) is 3.12. The number of hydrogen-bond acceptors (Lipinski definition) is 4. The highest BCUT2D eigenvalue weighted by Crippen LogP contribution is 1.99. The van der Waals surface area contributed by atoms with Gasteiger partial charge in [-0.2, -0.15) is 5.10 Å². The Morgan fingerprint density at radius 1 is 1.37 bits per heavy atom. The molecule has 102 valence electrons. The van der Waals surface area contributed by atoms with E-state index in [0.29, 0.717) is 19.5 Å². The third-order valence-electron chi connectivity index (χ3n) is 3.12. The number of anilines is 1. The molecule has 0 fully saturated rings. The standard InChI is InChI=1S/C12H17N5O2/c1-3-16-8-10(13)11(18)17(12(16)19)7-5-9-4-6-14-15(9)2/h4,6,8H,3,5,7,13H2,1-2H3. The number of nitrogens with zero attached hydrogens (tertiary/aromatic N) is 4. The Morgan fingerprint density at radius 2 is 2.11 bits per heavy atom. The first-order valence-corrected chi connectivity index (χ1v) is 6.11. The van der Waals surface area contributed by atoms with Crippen molar-refractivity contribution in [1.82, 2.24) is 18.9 Å². The summed E-state index contributed by atoms with van der Waals surface area (Å²) in [5, 5.41) is 4.05. The number of rotatable bonds is 4. The molecule has 2 heterocycles. The summed E-state index contributed by atoms with van der Waals surface area (Å²) >= 11 is 0. The van der Waals surface area contributed by atoms with E-state index in [-0.39, 0.29) is 11.4 Å². The molecule has 7 heteroatoms. The normalized spacial score (nSPS) is 10.8. The highest BCUT2D eigenvalue weighted by molar-refractivity contribution is 5.31. The molecule has 0 aliphatic rings. The Bertz CT molecular complexity index is 695. The van der Waals surface area contributed by atoms with Crippen LogP contribution in [-0.4, -0.2) is 18.9 Å². The molecule has 0 aliphatic heterocycles. The number of aromatic nitrogens is 4. The average Bonchev–Trinajstić information content (AvgIpc) is 2.79. The molecule has 0 spiro atoms. The monoisotopic (exact) mass is 263 g/mol. The Labute approximate surface area is 109 Å². The summed E-state index contributed by atoms with van der Waals surface area (Å²) in [6.07, 6.45) is 3.63. The Hall–Kier alpha value is -2.31. The molecule has 2 aromatic heterocycles. The van der Waals surface area contributed by atoms with E-state index in [1.165, 1.54) is 15.3 Å². The molecular weight excluding hydrogens is 246 g/mol. The molecule has 0 bridgehead atoms. The van der Waals surface area contributed by atoms with Crippen LogP contribution in [0.5, 0.6) is 0 Å². The highest BCUT2D eigenvalue weighted by atomic mass is 16.2. The molecule has 0 atom stereocenters. The summed E-state index contributed by atoms with van der Waals surface area (Å²) in [6, 6.07) is 1.86. The van der Waals surface area contributed by atoms with Crippen LogP contribution in [0.25, 0.3) is 0 Å². The number of nitrogen functional groups attached to an aromatic ring is 1. The molecule has 0 saturated heterocycles. The fourth-order valence-corrected chi connectivity index (χ4v) is 1.97. The summed E-state index contributed by atoms with van der Waals surface area (Å²) in [5.41, 5.74) is 5.92. The first-order chi connectivity index (χ1) is 9.04. The second kappa shape index (κ2) is 5.13. The van der Waals surface area contributed by atoms with Crippen LogP contribution in [0, 0.1) is 0 Å². The first-order valence-electron chi connectivity index (χ1n) is 6.11. The summed E-state index contributed by atoms with van der Waals surface area (Å²) < 4.78 is 4.32. The topological polar surface area (TPSA) is 87.8 Å². The maximum Gasteiger partial charge on any atom is 0.331 e. The van der Waals surface area contributed by atoms with Crippen LogP contribution in [0.3, 0.4) is 0 Å². The van der Waals surface area contributed by atoms with Crippen molar-refractivity contribution < 1.29 is 0 Å². The smallest absolute Gasteiger partial charge is 0.331 e. The van der Waals surface area contributed by atoms with Crippen molar-refractivity contribution in [2.45, 2.75) is 26.4 Å². The van der Waals surface area contributed by atoms with Gasteiger partial charge in [-0.25, -0.2) is 4.79 Å². The van der Waals surface area contributed by atoms with Gasteiger partial charge in [0.25, 0.3) is 5.56 Å². The van der Waals surface area contributed by atoms with E-state index < -0.39 is 5.56 Å². The van der Waals surface area contributed by atoms with Crippen molar-refractivity contribution in [3.63, 3.8) is 0 Å². The summed E-state index contributed by atoms with van der Waals surface area (Å²) in [6.45, 7) is 2.61. The van der Waals surface area contributed by atoms with Crippen LogP contribution >= 0.6 is 0 Å². The molecule has 0 unspecified atom stereocenters. The van der Waals surface area contributed by atoms with Crippen molar-refractivity contribution in [1.29, 1.82) is 0 Å². The largest absolute Gasteiger partial charge is 0.393 e. The lowest BCUT2D eigenvalue weighted by atomic mass is 10.3. The predicted molar refractivity (Wildman–Crippen MR) is 72.0 cm³/mol. The summed E-state index contributed by atoms with van der Waals surface area (Å²) in [5.74, 6) is 0. The van der Waals surface area contributed by atoms with Gasteiger partial charge < -0.3 is 5.73 Å². The lowest BCUT2D eigenvalue weighted by Gasteiger charge is -2.10. The Balaban J connectivity index is 2.35. The number of aryl methyl sites for hydroxylation is 3. The van der Waals surface area contributed by atoms with Gasteiger partial charge in [0.15, 0.2) is 0 Å². The molecule has 19 heavy (non-hydrogen) atoms. The van der Waals surface area contributed by atoms with Crippen molar-refractivity contribution in [3.8, 4) is 0 Å². The van der Waals surface area contributed by atoms with Gasteiger partial charge in [0.2, 0.25) is 0 Å². The molecule has 0 amide bonds. The lowest BCUT2D eigenvalue weighted by molar-refractivity contribution is 0.554. The molecule has 0 aromatic carbocycles. The van der Waals surface area contributed by atoms with Gasteiger partial charge in [0.05, 0.1) is 0 Å². The zero-order valence-corrected chi connectivity index (χ0v) is 11.0. The van der Waals surface area contributed by atoms with Gasteiger partial charge in [0.1, 0.15) is 5.69 Å². The number of nitrogens with two attached hydrogens (primary N) is 1. The second-order valence-corrected chi connectivity index (χ2v) is 4.31. The Kier molecular flexibility index (Phi) is 3.55. The zero-order chi connectivity index (χ0) is 14.0. The van der Waals surface area contributed by atoms with Crippen molar-refractivity contribution in [2.75, 3.05) is 5.73 Å². The van der Waals surface area contributed by atoms with Gasteiger partial charge in [-0.15, -0.1) is 0 Å². The van der Waals surface area contributed by atoms with E-state index in [0.717, 1.165) is 5.69 Å². The maximum absolute atomic E-state index is 12.1. The van der Waals surface area contributed by atoms with Crippen LogP contribution in [0.2, 0.25) is 0 Å². The predicted octanol–water partition coefficient (Wildman–Crippen LogP) is -0.412. The molecule has 2 aromatic rings. The van der Waals surface area contributed by atoms with Crippen LogP contribution in [-0.2, 0) is 26.6 Å². The van der Waals surface area contributed by atoms with Crippen LogP contribution < -0.4 is 17.0 Å². The quantitative estimate of drug-likeness (QED) is 0.812. The molecule has 2 N–H and O–H groups in total. The van der Waals surface area contributed by atoms with Gasteiger partial charge in [0, 0.05) is 44.6 Å². The van der Waals surface area contributed by atoms with Crippen molar-refractivity contribution >= 4 is 5.69 Å². The Morgan fingerprint density at radius 3 is 2.68 bits per heavy atom. The van der Waals surface area contributed by atoms with E-state index in [9.17, 15) is 9.59 Å². The van der Waals surface area contributed by atoms with E-state index >= 15 is 0 Å². The van der Waals surface area contributed by atoms with Gasteiger partial charge in [-0.1, -0.05) is 0 Å². The fourth-order valence-electron chi connectivity index (χ4n) is 1.97. The van der Waals surface area contributed by atoms with E-state index in [2.05, 4.69) is 5.10 Å². The molecule has 0 saturated carbocycles. The molecule has 0 aliphatic carbocycles. The minimum Gasteiger partial charge on any atom is -0.393 e. The average molecular weight is 263 g/mol. The van der Waals surface area contributed by atoms with Crippen LogP contribution in [0.1, 0.15) is 12.6 Å². The first kappa shape index (κ1) is 13.1. The van der Waals surface area contributed by atoms with E-state index in [1.807, 2.05) is 20.0 Å². The minimum absolute atomic E-state index is 0.0893. The summed E-state index contributed by atoms with van der Waals surface area (Å²) in [7, 11) is 1.82. The SMILES string of the molecule is CCn1cc(N)c(=O)n(CCc2ccnn2C)c1=O. The fraction of sp³-hybridized carbons (Fsp3) is 0.417. The molecule has 0 radical (unpaired) electrons. The second-order valence-electron chi connectivity index (χ2n) is 4.31. The van der Waals surface area contributed by atoms with Gasteiger partial charge in [-0.3, -0.25) is 18.6 Å². The zero-order valence-electron chi connectivity index (χ0n) is 11.0. The maximum atomic E-state index is 12.1. The summed E-state index contributed by atoms with van der Waals surface area (Å²) in [4.78, 5) is 24.0. The molecular formula is C12H17N5O2. The molecule has 2 rings (SSSR count). The third kappa shape index (κ3) is 2.44. The van der Waals surface area contributed by atoms with Crippen LogP contribution in [0.15, 0.2) is 28.0 Å². The van der Waals surface area contributed by atoms with Crippen LogP contribution in [0.4, 0.5) is 5.69 Å². The van der Waals surface area contributed by atoms with Gasteiger partial charge in [-0.05, 0) is 13.0 Å². The lowest BCUT2D eigenvalue weighted by Crippen LogP contribution is -2.41. The highest BCUT2D eigenvalue weighted by Gasteiger charge is 2.09.